The molecule has 4 aromatic rings. The summed E-state index contributed by atoms with van der Waals surface area (Å²) in [4.78, 5) is 13.0. The average Bonchev–Trinajstić information content (AvgIpc) is 2.96. The lowest BCUT2D eigenvalue weighted by Gasteiger charge is -2.27. The molecule has 7 nitrogen and oxygen atoms in total. The van der Waals surface area contributed by atoms with E-state index < -0.39 is 17.8 Å². The first kappa shape index (κ1) is 25.9. The first-order valence-corrected chi connectivity index (χ1v) is 11.9. The van der Waals surface area contributed by atoms with Gasteiger partial charge in [-0.1, -0.05) is 60.7 Å². The van der Waals surface area contributed by atoms with Crippen LogP contribution in [-0.2, 0) is 22.7 Å². The number of benzene rings is 3. The van der Waals surface area contributed by atoms with Crippen molar-refractivity contribution in [1.29, 1.82) is 5.26 Å². The van der Waals surface area contributed by atoms with Crippen molar-refractivity contribution in [2.45, 2.75) is 25.4 Å². The molecule has 0 saturated carbocycles. The molecule has 1 N–H and O–H groups in total. The summed E-state index contributed by atoms with van der Waals surface area (Å²) in [6, 6.07) is 29.7. The molecule has 0 radical (unpaired) electrons. The zero-order chi connectivity index (χ0) is 26.0. The van der Waals surface area contributed by atoms with E-state index in [2.05, 4.69) is 0 Å². The molecule has 1 aromatic heterocycles. The normalized spacial score (nSPS) is 12.5. The molecule has 0 aliphatic carbocycles. The summed E-state index contributed by atoms with van der Waals surface area (Å²) >= 11 is 0. The van der Waals surface area contributed by atoms with E-state index in [1.165, 1.54) is 10.6 Å². The molecule has 0 aliphatic heterocycles. The molecule has 4 rings (SSSR count). The average molecular weight is 497 g/mol. The van der Waals surface area contributed by atoms with Gasteiger partial charge in [-0.25, -0.2) is 0 Å². The zero-order valence-electron chi connectivity index (χ0n) is 20.5. The van der Waals surface area contributed by atoms with Crippen molar-refractivity contribution in [3.8, 4) is 17.5 Å². The number of pyridine rings is 1. The van der Waals surface area contributed by atoms with Crippen molar-refractivity contribution >= 4 is 0 Å². The highest BCUT2D eigenvalue weighted by Gasteiger charge is 2.27. The molecule has 0 bridgehead atoms. The van der Waals surface area contributed by atoms with Gasteiger partial charge in [0.05, 0.1) is 26.9 Å². The highest BCUT2D eigenvalue weighted by molar-refractivity contribution is 5.41. The number of methoxy groups -OCH3 is 1. The van der Waals surface area contributed by atoms with Crippen LogP contribution in [0.1, 0.15) is 28.4 Å². The molecule has 37 heavy (non-hydrogen) atoms. The van der Waals surface area contributed by atoms with Gasteiger partial charge in [0, 0.05) is 17.4 Å². The van der Waals surface area contributed by atoms with Crippen LogP contribution in [0.2, 0.25) is 0 Å². The number of nitrogens with zero attached hydrogens (tertiary/aromatic N) is 2. The molecular weight excluding hydrogens is 468 g/mol. The predicted molar refractivity (Wildman–Crippen MR) is 139 cm³/mol. The fraction of sp³-hybridized carbons (Fsp3) is 0.200. The summed E-state index contributed by atoms with van der Waals surface area (Å²) in [7, 11) is 1.56. The minimum Gasteiger partial charge on any atom is -0.497 e. The summed E-state index contributed by atoms with van der Waals surface area (Å²) in [6.45, 7) is 0.191. The smallest absolute Gasteiger partial charge is 0.273 e. The lowest BCUT2D eigenvalue weighted by atomic mass is 10.0. The monoisotopic (exact) mass is 496 g/mol. The highest BCUT2D eigenvalue weighted by atomic mass is 16.5. The van der Waals surface area contributed by atoms with Crippen LogP contribution in [0.4, 0.5) is 0 Å². The first-order chi connectivity index (χ1) is 18.1. The van der Waals surface area contributed by atoms with Gasteiger partial charge < -0.3 is 19.3 Å². The Morgan fingerprint density at radius 1 is 0.892 bits per heavy atom. The highest BCUT2D eigenvalue weighted by Crippen LogP contribution is 2.27. The van der Waals surface area contributed by atoms with Crippen LogP contribution in [-0.4, -0.2) is 29.5 Å². The number of hydrogen-bond acceptors (Lipinski definition) is 6. The van der Waals surface area contributed by atoms with Crippen LogP contribution >= 0.6 is 0 Å². The Hall–Kier alpha value is -4.22. The Morgan fingerprint density at radius 3 is 2.03 bits per heavy atom. The van der Waals surface area contributed by atoms with Crippen molar-refractivity contribution < 1.29 is 19.3 Å². The van der Waals surface area contributed by atoms with E-state index in [0.29, 0.717) is 17.0 Å². The standard InChI is InChI=1S/C30H28N2O5/c1-35-27-14-12-26(13-15-27)32-18-25(16-24(17-31)30(32)34)29(37-21-23-10-6-3-7-11-23)28(19-33)36-20-22-8-4-2-5-9-22/h2-16,18,28-29,33H,19-21H2,1H3/t28-,29+/m0/s1. The van der Waals surface area contributed by atoms with Crippen LogP contribution in [0.5, 0.6) is 5.75 Å². The van der Waals surface area contributed by atoms with Crippen molar-refractivity contribution in [2.75, 3.05) is 13.7 Å². The fourth-order valence-electron chi connectivity index (χ4n) is 3.97. The van der Waals surface area contributed by atoms with E-state index in [-0.39, 0.29) is 25.4 Å². The van der Waals surface area contributed by atoms with E-state index in [1.807, 2.05) is 66.7 Å². The van der Waals surface area contributed by atoms with Crippen molar-refractivity contribution in [2.24, 2.45) is 0 Å². The van der Waals surface area contributed by atoms with E-state index in [4.69, 9.17) is 14.2 Å². The molecule has 3 aromatic carbocycles. The van der Waals surface area contributed by atoms with Gasteiger partial charge >= 0.3 is 0 Å². The van der Waals surface area contributed by atoms with Gasteiger partial charge in [-0.15, -0.1) is 0 Å². The van der Waals surface area contributed by atoms with Crippen LogP contribution in [0.3, 0.4) is 0 Å². The molecule has 0 aliphatic rings. The zero-order valence-corrected chi connectivity index (χ0v) is 20.5. The predicted octanol–water partition coefficient (Wildman–Crippen LogP) is 4.55. The number of aliphatic hydroxyl groups excluding tert-OH is 1. The van der Waals surface area contributed by atoms with Crippen LogP contribution in [0.25, 0.3) is 5.69 Å². The van der Waals surface area contributed by atoms with E-state index in [0.717, 1.165) is 11.1 Å². The maximum absolute atomic E-state index is 13.0. The molecule has 1 heterocycles. The number of rotatable bonds is 11. The Morgan fingerprint density at radius 2 is 1.49 bits per heavy atom. The number of nitriles is 1. The van der Waals surface area contributed by atoms with Gasteiger partial charge in [0.2, 0.25) is 0 Å². The molecule has 0 saturated heterocycles. The molecule has 188 valence electrons. The van der Waals surface area contributed by atoms with Crippen LogP contribution < -0.4 is 10.3 Å². The molecule has 2 atom stereocenters. The lowest BCUT2D eigenvalue weighted by molar-refractivity contribution is -0.106. The first-order valence-electron chi connectivity index (χ1n) is 11.9. The van der Waals surface area contributed by atoms with Crippen molar-refractivity contribution in [3.63, 3.8) is 0 Å². The molecule has 0 amide bonds. The van der Waals surface area contributed by atoms with Crippen LogP contribution in [0, 0.1) is 11.3 Å². The Labute approximate surface area is 215 Å². The molecule has 0 spiro atoms. The number of hydrogen-bond donors (Lipinski definition) is 1. The van der Waals surface area contributed by atoms with Gasteiger partial charge in [0.1, 0.15) is 29.6 Å². The fourth-order valence-corrected chi connectivity index (χ4v) is 3.97. The number of ether oxygens (including phenoxy) is 3. The van der Waals surface area contributed by atoms with Gasteiger partial charge in [-0.2, -0.15) is 5.26 Å². The second-order valence-electron chi connectivity index (χ2n) is 8.41. The maximum Gasteiger partial charge on any atom is 0.273 e. The van der Waals surface area contributed by atoms with Gasteiger partial charge in [0.25, 0.3) is 5.56 Å². The second-order valence-corrected chi connectivity index (χ2v) is 8.41. The summed E-state index contributed by atoms with van der Waals surface area (Å²) in [6.07, 6.45) is 0.123. The molecular formula is C30H28N2O5. The van der Waals surface area contributed by atoms with Crippen LogP contribution in [0.15, 0.2) is 102 Å². The van der Waals surface area contributed by atoms with Crippen molar-refractivity contribution in [1.82, 2.24) is 4.57 Å². The minimum atomic E-state index is -0.758. The summed E-state index contributed by atoms with van der Waals surface area (Å²) in [5.74, 6) is 0.646. The topological polar surface area (TPSA) is 93.7 Å². The summed E-state index contributed by atoms with van der Waals surface area (Å²) in [5, 5.41) is 20.0. The van der Waals surface area contributed by atoms with Gasteiger partial charge in [-0.3, -0.25) is 9.36 Å². The summed E-state index contributed by atoms with van der Waals surface area (Å²) < 4.78 is 19.0. The van der Waals surface area contributed by atoms with E-state index in [1.54, 1.807) is 37.6 Å². The van der Waals surface area contributed by atoms with Crippen molar-refractivity contribution in [3.05, 3.63) is 130 Å². The third kappa shape index (κ3) is 6.51. The third-order valence-electron chi connectivity index (χ3n) is 5.93. The minimum absolute atomic E-state index is 0.0404. The Balaban J connectivity index is 1.72. The van der Waals surface area contributed by atoms with E-state index >= 15 is 0 Å². The number of aromatic nitrogens is 1. The lowest BCUT2D eigenvalue weighted by Crippen LogP contribution is -2.30. The largest absolute Gasteiger partial charge is 0.497 e. The summed E-state index contributed by atoms with van der Waals surface area (Å²) in [5.41, 5.74) is 2.50. The SMILES string of the molecule is COc1ccc(-n2cc([C@@H](OCc3ccccc3)[C@H](CO)OCc3ccccc3)cc(C#N)c2=O)cc1. The van der Waals surface area contributed by atoms with E-state index in [9.17, 15) is 15.2 Å². The van der Waals surface area contributed by atoms with Gasteiger partial charge in [0.15, 0.2) is 0 Å². The second kappa shape index (κ2) is 12.7. The van der Waals surface area contributed by atoms with Gasteiger partial charge in [-0.05, 0) is 41.5 Å². The quantitative estimate of drug-likeness (QED) is 0.327. The molecule has 7 heteroatoms. The molecule has 0 unspecified atom stereocenters. The third-order valence-corrected chi connectivity index (χ3v) is 5.93. The molecule has 0 fully saturated rings. The Bertz CT molecular complexity index is 1380. The number of aliphatic hydroxyl groups is 1. The maximum atomic E-state index is 13.0. The Kier molecular flexibility index (Phi) is 8.84.